The van der Waals surface area contributed by atoms with Crippen molar-refractivity contribution in [2.45, 2.75) is 32.2 Å². The summed E-state index contributed by atoms with van der Waals surface area (Å²) in [4.78, 5) is 15.9. The van der Waals surface area contributed by atoms with Gasteiger partial charge in [-0.3, -0.25) is 4.79 Å². The highest BCUT2D eigenvalue weighted by atomic mass is 19.3. The molecule has 1 aromatic heterocycles. The second-order valence-corrected chi connectivity index (χ2v) is 5.50. The maximum absolute atomic E-state index is 13.5. The summed E-state index contributed by atoms with van der Waals surface area (Å²) in [5.41, 5.74) is 1.06. The van der Waals surface area contributed by atoms with Crippen molar-refractivity contribution in [2.24, 2.45) is 0 Å². The molecule has 0 aliphatic carbocycles. The van der Waals surface area contributed by atoms with Crippen molar-refractivity contribution in [2.75, 3.05) is 0 Å². The van der Waals surface area contributed by atoms with Gasteiger partial charge in [0.05, 0.1) is 6.04 Å². The van der Waals surface area contributed by atoms with Crippen molar-refractivity contribution in [1.29, 1.82) is 0 Å². The second-order valence-electron chi connectivity index (χ2n) is 5.50. The van der Waals surface area contributed by atoms with E-state index < -0.39 is 17.9 Å². The molecule has 0 aliphatic heterocycles. The van der Waals surface area contributed by atoms with Crippen LogP contribution in [0.3, 0.4) is 0 Å². The number of benzene rings is 1. The van der Waals surface area contributed by atoms with Crippen LogP contribution in [-0.2, 0) is 0 Å². The Labute approximate surface area is 144 Å². The van der Waals surface area contributed by atoms with E-state index in [0.29, 0.717) is 11.1 Å². The van der Waals surface area contributed by atoms with E-state index in [1.54, 1.807) is 18.2 Å². The minimum atomic E-state index is -2.98. The summed E-state index contributed by atoms with van der Waals surface area (Å²) in [7, 11) is 0. The lowest BCUT2D eigenvalue weighted by Crippen LogP contribution is -2.45. The monoisotopic (exact) mass is 346 g/mol. The predicted molar refractivity (Wildman–Crippen MR) is 88.8 cm³/mol. The van der Waals surface area contributed by atoms with Crippen molar-refractivity contribution >= 4 is 5.91 Å². The number of nitrogens with one attached hydrogen (secondary N) is 1. The molecule has 0 radical (unpaired) electrons. The fraction of sp³-hybridized carbons (Fsp3) is 0.263. The van der Waals surface area contributed by atoms with Gasteiger partial charge >= 0.3 is 0 Å². The van der Waals surface area contributed by atoms with E-state index in [1.807, 2.05) is 0 Å². The summed E-state index contributed by atoms with van der Waals surface area (Å²) in [6.45, 7) is 2.60. The molecule has 2 aromatic rings. The summed E-state index contributed by atoms with van der Waals surface area (Å²) >= 11 is 0. The van der Waals surface area contributed by atoms with Crippen LogP contribution < -0.4 is 5.32 Å². The topological polar surface area (TPSA) is 42.0 Å². The van der Waals surface area contributed by atoms with E-state index in [4.69, 9.17) is 0 Å². The van der Waals surface area contributed by atoms with Crippen LogP contribution in [0.2, 0.25) is 0 Å². The molecule has 0 saturated heterocycles. The maximum Gasteiger partial charge on any atom is 0.270 e. The second kappa shape index (κ2) is 7.84. The smallest absolute Gasteiger partial charge is 0.270 e. The minimum Gasteiger partial charge on any atom is -0.342 e. The average Bonchev–Trinajstić information content (AvgIpc) is 2.60. The van der Waals surface area contributed by atoms with Gasteiger partial charge in [-0.2, -0.15) is 0 Å². The van der Waals surface area contributed by atoms with Crippen LogP contribution in [0.25, 0.3) is 0 Å². The third-order valence-corrected chi connectivity index (χ3v) is 3.62. The number of rotatable bonds is 4. The number of amides is 1. The quantitative estimate of drug-likeness (QED) is 0.856. The summed E-state index contributed by atoms with van der Waals surface area (Å²) < 4.78 is 40.1. The van der Waals surface area contributed by atoms with Gasteiger partial charge in [-0.15, -0.1) is 0 Å². The average molecular weight is 346 g/mol. The molecule has 0 aliphatic rings. The zero-order valence-corrected chi connectivity index (χ0v) is 13.8. The lowest BCUT2D eigenvalue weighted by Gasteiger charge is -2.23. The number of carbonyl (C=O) groups is 1. The zero-order valence-electron chi connectivity index (χ0n) is 13.8. The summed E-state index contributed by atoms with van der Waals surface area (Å²) in [5.74, 6) is 1.54. The molecule has 0 spiro atoms. The Hall–Kier alpha value is -2.81. The summed E-state index contributed by atoms with van der Waals surface area (Å²) in [6.07, 6.45) is 1.00. The van der Waals surface area contributed by atoms with Crippen molar-refractivity contribution < 1.29 is 18.0 Å². The summed E-state index contributed by atoms with van der Waals surface area (Å²) in [6, 6.07) is 7.51. The maximum atomic E-state index is 13.5. The molecule has 6 heteroatoms. The van der Waals surface area contributed by atoms with Crippen LogP contribution in [-0.4, -0.2) is 22.9 Å². The van der Waals surface area contributed by atoms with Gasteiger partial charge in [-0.25, -0.2) is 18.2 Å². The van der Waals surface area contributed by atoms with E-state index in [0.717, 1.165) is 0 Å². The number of carbonyl (C=O) groups excluding carboxylic acids is 1. The molecule has 0 saturated carbocycles. The van der Waals surface area contributed by atoms with E-state index >= 15 is 0 Å². The van der Waals surface area contributed by atoms with Crippen LogP contribution in [0, 0.1) is 17.7 Å². The molecule has 0 bridgehead atoms. The molecule has 1 atom stereocenters. The molecule has 1 N–H and O–H groups in total. The molecule has 2 rings (SSSR count). The molecule has 0 fully saturated rings. The first-order valence-electron chi connectivity index (χ1n) is 7.74. The van der Waals surface area contributed by atoms with Gasteiger partial charge in [0.25, 0.3) is 11.8 Å². The van der Waals surface area contributed by atoms with Gasteiger partial charge < -0.3 is 5.32 Å². The standard InChI is InChI=1S/C19H17F3N2O/c1-3-19(21,22)13(2)24-18(25)17-10-9-15(12-23-17)8-7-14-5-4-6-16(20)11-14/h4-6,9-13H,3H2,1-2H3,(H,24,25). The highest BCUT2D eigenvalue weighted by Crippen LogP contribution is 2.22. The highest BCUT2D eigenvalue weighted by Gasteiger charge is 2.35. The first-order valence-corrected chi connectivity index (χ1v) is 7.74. The lowest BCUT2D eigenvalue weighted by molar-refractivity contribution is -0.0328. The molecule has 1 unspecified atom stereocenters. The van der Waals surface area contributed by atoms with E-state index in [1.165, 1.54) is 38.2 Å². The Morgan fingerprint density at radius 3 is 2.56 bits per heavy atom. The van der Waals surface area contributed by atoms with Crippen molar-refractivity contribution in [1.82, 2.24) is 10.3 Å². The molecule has 1 heterocycles. The zero-order chi connectivity index (χ0) is 18.4. The Morgan fingerprint density at radius 1 is 1.24 bits per heavy atom. The SMILES string of the molecule is CCC(F)(F)C(C)NC(=O)c1ccc(C#Cc2cccc(F)c2)cn1. The molecule has 1 amide bonds. The first-order chi connectivity index (χ1) is 11.8. The summed E-state index contributed by atoms with van der Waals surface area (Å²) in [5, 5.41) is 2.24. The Kier molecular flexibility index (Phi) is 5.81. The number of aromatic nitrogens is 1. The number of halogens is 3. The third-order valence-electron chi connectivity index (χ3n) is 3.62. The number of hydrogen-bond acceptors (Lipinski definition) is 2. The van der Waals surface area contributed by atoms with Crippen LogP contribution >= 0.6 is 0 Å². The van der Waals surface area contributed by atoms with Gasteiger partial charge in [0.1, 0.15) is 11.5 Å². The van der Waals surface area contributed by atoms with Crippen LogP contribution in [0.1, 0.15) is 41.9 Å². The molecular formula is C19H17F3N2O. The molecule has 130 valence electrons. The van der Waals surface area contributed by atoms with Crippen LogP contribution in [0.5, 0.6) is 0 Å². The van der Waals surface area contributed by atoms with Crippen molar-refractivity contribution in [3.05, 3.63) is 65.2 Å². The van der Waals surface area contributed by atoms with Gasteiger partial charge in [-0.1, -0.05) is 24.8 Å². The van der Waals surface area contributed by atoms with E-state index in [2.05, 4.69) is 22.1 Å². The van der Waals surface area contributed by atoms with E-state index in [9.17, 15) is 18.0 Å². The van der Waals surface area contributed by atoms with E-state index in [-0.39, 0.29) is 17.9 Å². The Morgan fingerprint density at radius 2 is 1.96 bits per heavy atom. The van der Waals surface area contributed by atoms with Gasteiger partial charge in [0, 0.05) is 23.7 Å². The first kappa shape index (κ1) is 18.5. The van der Waals surface area contributed by atoms with Gasteiger partial charge in [-0.05, 0) is 37.3 Å². The normalized spacial score (nSPS) is 12.0. The van der Waals surface area contributed by atoms with Crippen LogP contribution in [0.15, 0.2) is 42.6 Å². The van der Waals surface area contributed by atoms with Crippen molar-refractivity contribution in [3.63, 3.8) is 0 Å². The minimum absolute atomic E-state index is 0.0232. The van der Waals surface area contributed by atoms with Crippen LogP contribution in [0.4, 0.5) is 13.2 Å². The van der Waals surface area contributed by atoms with Crippen molar-refractivity contribution in [3.8, 4) is 11.8 Å². The van der Waals surface area contributed by atoms with Gasteiger partial charge in [0.2, 0.25) is 0 Å². The number of hydrogen-bond donors (Lipinski definition) is 1. The Balaban J connectivity index is 2.06. The third kappa shape index (κ3) is 5.08. The molecular weight excluding hydrogens is 329 g/mol. The van der Waals surface area contributed by atoms with Gasteiger partial charge in [0.15, 0.2) is 0 Å². The molecule has 3 nitrogen and oxygen atoms in total. The molecule has 25 heavy (non-hydrogen) atoms. The number of alkyl halides is 2. The molecule has 1 aromatic carbocycles. The number of pyridine rings is 1. The lowest BCUT2D eigenvalue weighted by atomic mass is 10.1. The Bertz CT molecular complexity index is 807. The largest absolute Gasteiger partial charge is 0.342 e. The fourth-order valence-electron chi connectivity index (χ4n) is 2.00. The fourth-order valence-corrected chi connectivity index (χ4v) is 2.00. The number of nitrogens with zero attached hydrogens (tertiary/aromatic N) is 1. The predicted octanol–water partition coefficient (Wildman–Crippen LogP) is 3.78. The highest BCUT2D eigenvalue weighted by molar-refractivity contribution is 5.92.